The lowest BCUT2D eigenvalue weighted by Gasteiger charge is -2.12. The molecular formula is C17H19NO4. The van der Waals surface area contributed by atoms with Gasteiger partial charge in [0.2, 0.25) is 0 Å². The van der Waals surface area contributed by atoms with Crippen LogP contribution in [0.1, 0.15) is 27.6 Å². The average molecular weight is 301 g/mol. The van der Waals surface area contributed by atoms with Crippen molar-refractivity contribution in [1.82, 2.24) is 5.32 Å². The van der Waals surface area contributed by atoms with Crippen LogP contribution in [0.4, 0.5) is 0 Å². The molecule has 0 fully saturated rings. The number of aliphatic hydroxyl groups is 1. The van der Waals surface area contributed by atoms with Gasteiger partial charge in [0, 0.05) is 6.54 Å². The number of hydrogen-bond donors (Lipinski definition) is 3. The van der Waals surface area contributed by atoms with Crippen molar-refractivity contribution in [3.8, 4) is 11.5 Å². The van der Waals surface area contributed by atoms with Gasteiger partial charge >= 0.3 is 5.97 Å². The second-order valence-electron chi connectivity index (χ2n) is 5.06. The maximum absolute atomic E-state index is 12.0. The number of esters is 1. The fraction of sp³-hybridized carbons (Fsp3) is 0.235. The first kappa shape index (κ1) is 16.0. The maximum Gasteiger partial charge on any atom is 0.343 e. The maximum atomic E-state index is 12.0. The molecule has 5 heteroatoms. The summed E-state index contributed by atoms with van der Waals surface area (Å²) >= 11 is 0. The molecule has 0 aliphatic carbocycles. The highest BCUT2D eigenvalue weighted by atomic mass is 16.5. The van der Waals surface area contributed by atoms with E-state index in [0.717, 1.165) is 5.56 Å². The molecule has 5 nitrogen and oxygen atoms in total. The first-order valence-corrected chi connectivity index (χ1v) is 6.95. The number of ether oxygens (including phenoxy) is 1. The average Bonchev–Trinajstić information content (AvgIpc) is 2.50. The van der Waals surface area contributed by atoms with Crippen molar-refractivity contribution < 1.29 is 19.7 Å². The van der Waals surface area contributed by atoms with E-state index in [0.29, 0.717) is 17.7 Å². The number of rotatable bonds is 5. The van der Waals surface area contributed by atoms with Crippen LogP contribution in [-0.2, 0) is 0 Å². The molecule has 1 atom stereocenters. The number of aliphatic hydroxyl groups excluding tert-OH is 1. The molecule has 2 aromatic rings. The fourth-order valence-corrected chi connectivity index (χ4v) is 1.99. The molecule has 0 heterocycles. The first-order valence-electron chi connectivity index (χ1n) is 6.95. The zero-order chi connectivity index (χ0) is 16.1. The third-order valence-electron chi connectivity index (χ3n) is 3.26. The molecule has 1 unspecified atom stereocenters. The number of phenolic OH excluding ortho intramolecular Hbond substituents is 1. The van der Waals surface area contributed by atoms with E-state index in [2.05, 4.69) is 5.32 Å². The fourth-order valence-electron chi connectivity index (χ4n) is 1.99. The van der Waals surface area contributed by atoms with Crippen LogP contribution in [0.5, 0.6) is 11.5 Å². The van der Waals surface area contributed by atoms with Gasteiger partial charge in [-0.1, -0.05) is 23.8 Å². The van der Waals surface area contributed by atoms with Crippen LogP contribution in [0.15, 0.2) is 42.5 Å². The van der Waals surface area contributed by atoms with Gasteiger partial charge in [-0.05, 0) is 43.8 Å². The van der Waals surface area contributed by atoms with E-state index < -0.39 is 12.1 Å². The predicted molar refractivity (Wildman–Crippen MR) is 83.1 cm³/mol. The molecule has 0 saturated carbocycles. The topological polar surface area (TPSA) is 78.8 Å². The number of hydrogen-bond acceptors (Lipinski definition) is 5. The number of benzene rings is 2. The van der Waals surface area contributed by atoms with Crippen LogP contribution >= 0.6 is 0 Å². The molecule has 0 saturated heterocycles. The van der Waals surface area contributed by atoms with Crippen LogP contribution < -0.4 is 10.1 Å². The molecule has 0 bridgehead atoms. The SMILES string of the molecule is CNCC(O)c1ccc(OC(=O)c2ccc(C)cc2)c(O)c1. The van der Waals surface area contributed by atoms with E-state index in [4.69, 9.17) is 4.74 Å². The second kappa shape index (κ2) is 7.06. The molecule has 2 rings (SSSR count). The summed E-state index contributed by atoms with van der Waals surface area (Å²) < 4.78 is 5.18. The van der Waals surface area contributed by atoms with E-state index in [1.54, 1.807) is 25.2 Å². The van der Waals surface area contributed by atoms with Crippen molar-refractivity contribution in [2.75, 3.05) is 13.6 Å². The molecule has 116 valence electrons. The minimum absolute atomic E-state index is 0.0611. The number of phenols is 1. The number of nitrogens with one attached hydrogen (secondary N) is 1. The Hall–Kier alpha value is -2.37. The zero-order valence-electron chi connectivity index (χ0n) is 12.5. The summed E-state index contributed by atoms with van der Waals surface area (Å²) in [6.07, 6.45) is -0.738. The third-order valence-corrected chi connectivity index (χ3v) is 3.26. The van der Waals surface area contributed by atoms with Gasteiger partial charge in [-0.2, -0.15) is 0 Å². The lowest BCUT2D eigenvalue weighted by atomic mass is 10.1. The summed E-state index contributed by atoms with van der Waals surface area (Å²) in [4.78, 5) is 12.0. The summed E-state index contributed by atoms with van der Waals surface area (Å²) in [5.74, 6) is -0.669. The minimum Gasteiger partial charge on any atom is -0.504 e. The lowest BCUT2D eigenvalue weighted by molar-refractivity contribution is 0.0729. The van der Waals surface area contributed by atoms with Gasteiger partial charge in [-0.15, -0.1) is 0 Å². The first-order chi connectivity index (χ1) is 10.5. The van der Waals surface area contributed by atoms with E-state index in [1.165, 1.54) is 12.1 Å². The van der Waals surface area contributed by atoms with E-state index in [-0.39, 0.29) is 11.5 Å². The monoisotopic (exact) mass is 301 g/mol. The van der Waals surface area contributed by atoms with Crippen molar-refractivity contribution >= 4 is 5.97 Å². The molecule has 0 aliphatic rings. The summed E-state index contributed by atoms with van der Waals surface area (Å²) in [6, 6.07) is 11.4. The van der Waals surface area contributed by atoms with Crippen LogP contribution in [0.25, 0.3) is 0 Å². The molecule has 0 aliphatic heterocycles. The quantitative estimate of drug-likeness (QED) is 0.583. The van der Waals surface area contributed by atoms with Gasteiger partial charge in [0.25, 0.3) is 0 Å². The predicted octanol–water partition coefficient (Wildman–Crippen LogP) is 2.17. The Morgan fingerprint density at radius 2 is 1.91 bits per heavy atom. The van der Waals surface area contributed by atoms with Crippen LogP contribution in [0, 0.1) is 6.92 Å². The number of likely N-dealkylation sites (N-methyl/N-ethyl adjacent to an activating group) is 1. The standard InChI is InChI=1S/C17H19NO4/c1-11-3-5-12(6-4-11)17(21)22-16-8-7-13(9-14(16)19)15(20)10-18-2/h3-9,15,18-20H,10H2,1-2H3. The lowest BCUT2D eigenvalue weighted by Crippen LogP contribution is -2.16. The summed E-state index contributed by atoms with van der Waals surface area (Å²) in [7, 11) is 1.72. The van der Waals surface area contributed by atoms with Crippen molar-refractivity contribution in [3.63, 3.8) is 0 Å². The van der Waals surface area contributed by atoms with Gasteiger partial charge in [-0.25, -0.2) is 4.79 Å². The number of carbonyl (C=O) groups excluding carboxylic acids is 1. The second-order valence-corrected chi connectivity index (χ2v) is 5.06. The van der Waals surface area contributed by atoms with Gasteiger partial charge in [0.05, 0.1) is 11.7 Å². The van der Waals surface area contributed by atoms with E-state index in [9.17, 15) is 15.0 Å². The number of aryl methyl sites for hydroxylation is 1. The van der Waals surface area contributed by atoms with Crippen molar-refractivity contribution in [3.05, 3.63) is 59.2 Å². The molecule has 0 spiro atoms. The molecule has 3 N–H and O–H groups in total. The van der Waals surface area contributed by atoms with Gasteiger partial charge in [0.1, 0.15) is 0 Å². The van der Waals surface area contributed by atoms with Gasteiger partial charge < -0.3 is 20.3 Å². The highest BCUT2D eigenvalue weighted by molar-refractivity contribution is 5.91. The minimum atomic E-state index is -0.738. The molecule has 0 aromatic heterocycles. The van der Waals surface area contributed by atoms with Crippen LogP contribution in [0.3, 0.4) is 0 Å². The Balaban J connectivity index is 2.13. The Morgan fingerprint density at radius 3 is 2.50 bits per heavy atom. The normalized spacial score (nSPS) is 12.0. The van der Waals surface area contributed by atoms with E-state index >= 15 is 0 Å². The molecular weight excluding hydrogens is 282 g/mol. The van der Waals surface area contributed by atoms with Crippen molar-refractivity contribution in [1.29, 1.82) is 0 Å². The molecule has 0 radical (unpaired) electrons. The summed E-state index contributed by atoms with van der Waals surface area (Å²) in [6.45, 7) is 2.29. The Bertz CT molecular complexity index is 652. The highest BCUT2D eigenvalue weighted by Gasteiger charge is 2.14. The number of aromatic hydroxyl groups is 1. The summed E-state index contributed by atoms with van der Waals surface area (Å²) in [5, 5.41) is 22.6. The summed E-state index contributed by atoms with van der Waals surface area (Å²) in [5.41, 5.74) is 1.99. The zero-order valence-corrected chi connectivity index (χ0v) is 12.5. The van der Waals surface area contributed by atoms with Gasteiger partial charge in [-0.3, -0.25) is 0 Å². The number of carbonyl (C=O) groups is 1. The molecule has 22 heavy (non-hydrogen) atoms. The third kappa shape index (κ3) is 3.84. The van der Waals surface area contributed by atoms with Crippen LogP contribution in [0.2, 0.25) is 0 Å². The smallest absolute Gasteiger partial charge is 0.343 e. The Labute approximate surface area is 129 Å². The van der Waals surface area contributed by atoms with Crippen molar-refractivity contribution in [2.24, 2.45) is 0 Å². The van der Waals surface area contributed by atoms with E-state index in [1.807, 2.05) is 19.1 Å². The largest absolute Gasteiger partial charge is 0.504 e. The van der Waals surface area contributed by atoms with Crippen molar-refractivity contribution in [2.45, 2.75) is 13.0 Å². The molecule has 2 aromatic carbocycles. The van der Waals surface area contributed by atoms with Crippen LogP contribution in [-0.4, -0.2) is 29.8 Å². The Kier molecular flexibility index (Phi) is 5.14. The highest BCUT2D eigenvalue weighted by Crippen LogP contribution is 2.29. The Morgan fingerprint density at radius 1 is 1.23 bits per heavy atom. The van der Waals surface area contributed by atoms with Gasteiger partial charge in [0.15, 0.2) is 11.5 Å². The molecule has 0 amide bonds.